The molecular formula is C23H30N2O4. The number of nitrogen functional groups attached to an aromatic ring is 2. The van der Waals surface area contributed by atoms with E-state index < -0.39 is 0 Å². The van der Waals surface area contributed by atoms with Crippen LogP contribution in [0.1, 0.15) is 59.7 Å². The lowest BCUT2D eigenvalue weighted by atomic mass is 10.0. The van der Waals surface area contributed by atoms with Gasteiger partial charge in [-0.2, -0.15) is 0 Å². The summed E-state index contributed by atoms with van der Waals surface area (Å²) in [6.07, 6.45) is 4.91. The average molecular weight is 399 g/mol. The molecule has 4 N–H and O–H groups in total. The number of benzene rings is 2. The summed E-state index contributed by atoms with van der Waals surface area (Å²) in [4.78, 5) is 23.8. The topological polar surface area (TPSA) is 105 Å². The molecule has 0 aliphatic rings. The van der Waals surface area contributed by atoms with Crippen molar-refractivity contribution < 1.29 is 19.1 Å². The molecule has 6 heteroatoms. The molecule has 1 unspecified atom stereocenters. The standard InChI is InChI=1S/C23H30N2O4/c1-17(16-29-23(27)19-9-13-21(25)14-10-19)6-4-2-3-5-15-28-22(26)18-7-11-20(24)12-8-18/h7-14,17H,2-6,15-16,24-25H2,1H3. The monoisotopic (exact) mass is 398 g/mol. The van der Waals surface area contributed by atoms with Crippen molar-refractivity contribution in [1.82, 2.24) is 0 Å². The summed E-state index contributed by atoms with van der Waals surface area (Å²) in [6.45, 7) is 2.89. The van der Waals surface area contributed by atoms with E-state index in [0.717, 1.165) is 32.1 Å². The summed E-state index contributed by atoms with van der Waals surface area (Å²) in [5.41, 5.74) is 13.5. The normalized spacial score (nSPS) is 11.6. The molecule has 0 aliphatic carbocycles. The molecule has 0 aliphatic heterocycles. The quantitative estimate of drug-likeness (QED) is 0.329. The van der Waals surface area contributed by atoms with Crippen LogP contribution in [0.5, 0.6) is 0 Å². The Morgan fingerprint density at radius 3 is 1.79 bits per heavy atom. The highest BCUT2D eigenvalue weighted by atomic mass is 16.5. The van der Waals surface area contributed by atoms with E-state index in [9.17, 15) is 9.59 Å². The number of carbonyl (C=O) groups is 2. The zero-order valence-electron chi connectivity index (χ0n) is 16.9. The van der Waals surface area contributed by atoms with Crippen molar-refractivity contribution in [2.45, 2.75) is 39.0 Å². The van der Waals surface area contributed by atoms with Gasteiger partial charge in [-0.05, 0) is 67.3 Å². The Morgan fingerprint density at radius 1 is 0.759 bits per heavy atom. The molecule has 2 aromatic rings. The fourth-order valence-electron chi connectivity index (χ4n) is 2.82. The van der Waals surface area contributed by atoms with Gasteiger partial charge in [-0.1, -0.05) is 26.2 Å². The molecule has 0 saturated carbocycles. The van der Waals surface area contributed by atoms with Gasteiger partial charge >= 0.3 is 11.9 Å². The van der Waals surface area contributed by atoms with Crippen molar-refractivity contribution in [3.8, 4) is 0 Å². The van der Waals surface area contributed by atoms with Crippen LogP contribution >= 0.6 is 0 Å². The van der Waals surface area contributed by atoms with Gasteiger partial charge in [0.15, 0.2) is 0 Å². The van der Waals surface area contributed by atoms with Crippen LogP contribution in [0.2, 0.25) is 0 Å². The highest BCUT2D eigenvalue weighted by molar-refractivity contribution is 5.90. The maximum absolute atomic E-state index is 12.0. The van der Waals surface area contributed by atoms with Crippen LogP contribution in [0.3, 0.4) is 0 Å². The summed E-state index contributed by atoms with van der Waals surface area (Å²) in [5, 5.41) is 0. The fourth-order valence-corrected chi connectivity index (χ4v) is 2.82. The van der Waals surface area contributed by atoms with Crippen molar-refractivity contribution in [3.63, 3.8) is 0 Å². The van der Waals surface area contributed by atoms with Gasteiger partial charge in [0, 0.05) is 11.4 Å². The molecule has 156 valence electrons. The summed E-state index contributed by atoms with van der Waals surface area (Å²) in [6, 6.07) is 13.4. The minimum atomic E-state index is -0.320. The van der Waals surface area contributed by atoms with Gasteiger partial charge in [0.2, 0.25) is 0 Å². The molecular weight excluding hydrogens is 368 g/mol. The second-order valence-corrected chi connectivity index (χ2v) is 7.29. The zero-order valence-corrected chi connectivity index (χ0v) is 16.9. The molecule has 0 heterocycles. The summed E-state index contributed by atoms with van der Waals surface area (Å²) in [5.74, 6) is -0.336. The van der Waals surface area contributed by atoms with E-state index >= 15 is 0 Å². The molecule has 0 amide bonds. The first-order valence-corrected chi connectivity index (χ1v) is 10.0. The fraction of sp³-hybridized carbons (Fsp3) is 0.391. The number of rotatable bonds is 11. The van der Waals surface area contributed by atoms with Crippen LogP contribution in [0.4, 0.5) is 11.4 Å². The SMILES string of the molecule is CC(CCCCCCOC(=O)c1ccc(N)cc1)COC(=O)c1ccc(N)cc1. The number of hydrogen-bond acceptors (Lipinski definition) is 6. The first kappa shape index (κ1) is 22.3. The maximum atomic E-state index is 12.0. The summed E-state index contributed by atoms with van der Waals surface area (Å²) in [7, 11) is 0. The Hall–Kier alpha value is -3.02. The van der Waals surface area contributed by atoms with Gasteiger partial charge < -0.3 is 20.9 Å². The number of anilines is 2. The van der Waals surface area contributed by atoms with Gasteiger partial charge in [-0.3, -0.25) is 0 Å². The lowest BCUT2D eigenvalue weighted by Gasteiger charge is -2.12. The minimum Gasteiger partial charge on any atom is -0.462 e. The number of ether oxygens (including phenoxy) is 2. The third-order valence-corrected chi connectivity index (χ3v) is 4.62. The Bertz CT molecular complexity index is 772. The third kappa shape index (κ3) is 8.25. The van der Waals surface area contributed by atoms with Crippen LogP contribution in [-0.4, -0.2) is 25.2 Å². The number of nitrogens with two attached hydrogens (primary N) is 2. The average Bonchev–Trinajstić information content (AvgIpc) is 2.72. The molecule has 0 bridgehead atoms. The molecule has 0 saturated heterocycles. The van der Waals surface area contributed by atoms with Crippen LogP contribution in [0.15, 0.2) is 48.5 Å². The van der Waals surface area contributed by atoms with E-state index in [2.05, 4.69) is 6.92 Å². The van der Waals surface area contributed by atoms with Crippen molar-refractivity contribution in [2.75, 3.05) is 24.7 Å². The number of esters is 2. The van der Waals surface area contributed by atoms with Crippen LogP contribution in [0, 0.1) is 5.92 Å². The summed E-state index contributed by atoms with van der Waals surface area (Å²) >= 11 is 0. The highest BCUT2D eigenvalue weighted by Crippen LogP contribution is 2.13. The number of carbonyl (C=O) groups excluding carboxylic acids is 2. The van der Waals surface area contributed by atoms with E-state index in [4.69, 9.17) is 20.9 Å². The van der Waals surface area contributed by atoms with Gasteiger partial charge in [-0.25, -0.2) is 9.59 Å². The van der Waals surface area contributed by atoms with Crippen LogP contribution in [0.25, 0.3) is 0 Å². The first-order valence-electron chi connectivity index (χ1n) is 10.0. The number of hydrogen-bond donors (Lipinski definition) is 2. The Balaban J connectivity index is 1.50. The molecule has 2 aromatic carbocycles. The van der Waals surface area contributed by atoms with E-state index in [0.29, 0.717) is 41.6 Å². The minimum absolute atomic E-state index is 0.302. The largest absolute Gasteiger partial charge is 0.462 e. The molecule has 6 nitrogen and oxygen atoms in total. The van der Waals surface area contributed by atoms with Gasteiger partial charge in [0.25, 0.3) is 0 Å². The lowest BCUT2D eigenvalue weighted by molar-refractivity contribution is 0.0439. The second-order valence-electron chi connectivity index (χ2n) is 7.29. The molecule has 1 atom stereocenters. The van der Waals surface area contributed by atoms with Crippen molar-refractivity contribution in [2.24, 2.45) is 5.92 Å². The van der Waals surface area contributed by atoms with Gasteiger partial charge in [0.1, 0.15) is 0 Å². The van der Waals surface area contributed by atoms with E-state index in [1.807, 2.05) is 0 Å². The van der Waals surface area contributed by atoms with Crippen LogP contribution < -0.4 is 11.5 Å². The van der Waals surface area contributed by atoms with Crippen LogP contribution in [-0.2, 0) is 9.47 Å². The highest BCUT2D eigenvalue weighted by Gasteiger charge is 2.10. The smallest absolute Gasteiger partial charge is 0.338 e. The predicted molar refractivity (Wildman–Crippen MR) is 115 cm³/mol. The third-order valence-electron chi connectivity index (χ3n) is 4.62. The van der Waals surface area contributed by atoms with E-state index in [-0.39, 0.29) is 11.9 Å². The lowest BCUT2D eigenvalue weighted by Crippen LogP contribution is -2.12. The Labute approximate surface area is 172 Å². The molecule has 0 aromatic heterocycles. The maximum Gasteiger partial charge on any atom is 0.338 e. The molecule has 29 heavy (non-hydrogen) atoms. The second kappa shape index (κ2) is 11.7. The number of unbranched alkanes of at least 4 members (excludes halogenated alkanes) is 3. The Morgan fingerprint density at radius 2 is 1.24 bits per heavy atom. The van der Waals surface area contributed by atoms with E-state index in [1.54, 1.807) is 48.5 Å². The molecule has 0 radical (unpaired) electrons. The molecule has 2 rings (SSSR count). The van der Waals surface area contributed by atoms with E-state index in [1.165, 1.54) is 0 Å². The zero-order chi connectivity index (χ0) is 21.1. The van der Waals surface area contributed by atoms with Crippen molar-refractivity contribution in [1.29, 1.82) is 0 Å². The summed E-state index contributed by atoms with van der Waals surface area (Å²) < 4.78 is 10.6. The Kier molecular flexibility index (Phi) is 9.02. The van der Waals surface area contributed by atoms with Gasteiger partial charge in [0.05, 0.1) is 24.3 Å². The molecule has 0 fully saturated rings. The predicted octanol–water partition coefficient (Wildman–Crippen LogP) is 4.45. The van der Waals surface area contributed by atoms with Crippen molar-refractivity contribution >= 4 is 23.3 Å². The van der Waals surface area contributed by atoms with Crippen molar-refractivity contribution in [3.05, 3.63) is 59.7 Å². The first-order chi connectivity index (χ1) is 14.0. The van der Waals surface area contributed by atoms with Gasteiger partial charge in [-0.15, -0.1) is 0 Å². The molecule has 0 spiro atoms.